The van der Waals surface area contributed by atoms with E-state index >= 15 is 0 Å². The van der Waals surface area contributed by atoms with Gasteiger partial charge in [0.05, 0.1) is 18.0 Å². The molecule has 2 rings (SSSR count). The molecule has 0 radical (unpaired) electrons. The lowest BCUT2D eigenvalue weighted by atomic mass is 10.2. The van der Waals surface area contributed by atoms with Crippen molar-refractivity contribution in [2.24, 2.45) is 0 Å². The van der Waals surface area contributed by atoms with Crippen LogP contribution in [0.4, 0.5) is 10.1 Å². The third-order valence-electron chi connectivity index (χ3n) is 2.84. The number of benzene rings is 1. The van der Waals surface area contributed by atoms with Gasteiger partial charge in [-0.3, -0.25) is 8.98 Å². The van der Waals surface area contributed by atoms with Crippen LogP contribution in [0, 0.1) is 0 Å². The Kier molecular flexibility index (Phi) is 6.00. The lowest BCUT2D eigenvalue weighted by Gasteiger charge is -2.11. The second kappa shape index (κ2) is 8.01. The fourth-order valence-corrected chi connectivity index (χ4v) is 2.37. The van der Waals surface area contributed by atoms with E-state index in [0.717, 1.165) is 18.4 Å². The Morgan fingerprint density at radius 3 is 2.77 bits per heavy atom. The van der Waals surface area contributed by atoms with Crippen molar-refractivity contribution in [2.75, 3.05) is 24.9 Å². The Morgan fingerprint density at radius 1 is 1.38 bits per heavy atom. The molecular weight excluding hydrogens is 375 g/mol. The Balaban J connectivity index is 1.98. The number of hydrogen-bond donors (Lipinski definition) is 3. The number of anilines is 1. The minimum Gasteiger partial charge on any atom is -0.508 e. The van der Waals surface area contributed by atoms with Gasteiger partial charge in [-0.2, -0.15) is 8.42 Å². The molecule has 10 nitrogen and oxygen atoms in total. The predicted octanol–water partition coefficient (Wildman–Crippen LogP) is 1.03. The molecule has 1 amide bonds. The van der Waals surface area contributed by atoms with Crippen molar-refractivity contribution < 1.29 is 41.3 Å². The van der Waals surface area contributed by atoms with E-state index in [0.29, 0.717) is 0 Å². The summed E-state index contributed by atoms with van der Waals surface area (Å²) < 4.78 is 48.9. The number of aromatic hydroxyl groups is 2. The molecule has 0 saturated heterocycles. The maximum Gasteiger partial charge on any atom is 0.294 e. The van der Waals surface area contributed by atoms with Crippen molar-refractivity contribution in [3.05, 3.63) is 30.0 Å². The van der Waals surface area contributed by atoms with Gasteiger partial charge in [0.1, 0.15) is 30.9 Å². The van der Waals surface area contributed by atoms with E-state index in [-0.39, 0.29) is 28.8 Å². The highest BCUT2D eigenvalue weighted by molar-refractivity contribution is 7.86. The molecule has 26 heavy (non-hydrogen) atoms. The molecule has 0 saturated carbocycles. The van der Waals surface area contributed by atoms with E-state index < -0.39 is 35.4 Å². The molecule has 1 atom stereocenters. The summed E-state index contributed by atoms with van der Waals surface area (Å²) in [7, 11) is -3.86. The van der Waals surface area contributed by atoms with Crippen LogP contribution in [0.15, 0.2) is 28.8 Å². The number of ether oxygens (including phenoxy) is 1. The van der Waals surface area contributed by atoms with Gasteiger partial charge in [-0.25, -0.2) is 4.39 Å². The van der Waals surface area contributed by atoms with Crippen LogP contribution >= 0.6 is 0 Å². The zero-order valence-electron chi connectivity index (χ0n) is 13.4. The van der Waals surface area contributed by atoms with Gasteiger partial charge in [0.2, 0.25) is 5.76 Å². The Hall–Kier alpha value is -2.86. The normalized spacial score (nSPS) is 12.5. The number of hydrogen-bond acceptors (Lipinski definition) is 9. The Bertz CT molecular complexity index is 883. The van der Waals surface area contributed by atoms with Crippen LogP contribution < -0.4 is 10.1 Å². The van der Waals surface area contributed by atoms with E-state index in [1.54, 1.807) is 0 Å². The van der Waals surface area contributed by atoms with Crippen LogP contribution in [0.1, 0.15) is 10.6 Å². The molecule has 0 fully saturated rings. The van der Waals surface area contributed by atoms with E-state index in [1.807, 2.05) is 0 Å². The highest BCUT2D eigenvalue weighted by Crippen LogP contribution is 2.27. The number of halogens is 1. The number of nitrogens with zero attached hydrogens (tertiary/aromatic N) is 1. The minimum absolute atomic E-state index is 0.0621. The lowest BCUT2D eigenvalue weighted by molar-refractivity contribution is 0.0981. The van der Waals surface area contributed by atoms with Gasteiger partial charge < -0.3 is 24.8 Å². The maximum atomic E-state index is 12.7. The maximum absolute atomic E-state index is 12.7. The summed E-state index contributed by atoms with van der Waals surface area (Å²) in [6.07, 6.45) is -0.603. The van der Waals surface area contributed by atoms with Gasteiger partial charge in [-0.1, -0.05) is 0 Å². The van der Waals surface area contributed by atoms with Crippen molar-refractivity contribution in [2.45, 2.75) is 6.10 Å². The predicted molar refractivity (Wildman–Crippen MR) is 85.4 cm³/mol. The molecule has 0 aliphatic carbocycles. The summed E-state index contributed by atoms with van der Waals surface area (Å²) >= 11 is 0. The SMILES string of the molecule is CS(=O)(=O)OC(CF)COc1cc(C(=O)Nc2cc(O)ccc2O)on1. The first-order valence-corrected chi connectivity index (χ1v) is 8.86. The van der Waals surface area contributed by atoms with Gasteiger partial charge in [-0.15, -0.1) is 0 Å². The zero-order valence-corrected chi connectivity index (χ0v) is 14.2. The quantitative estimate of drug-likeness (QED) is 0.341. The number of alkyl halides is 1. The average molecular weight is 390 g/mol. The molecule has 0 aliphatic rings. The topological polar surface area (TPSA) is 148 Å². The second-order valence-corrected chi connectivity index (χ2v) is 6.67. The van der Waals surface area contributed by atoms with Gasteiger partial charge >= 0.3 is 0 Å². The standard InChI is InChI=1S/C14H15FN2O8S/c1-26(21,22)25-9(6-15)7-23-13-5-12(24-17-13)14(20)16-10-4-8(18)2-3-11(10)19/h2-5,9,18-19H,6-7H2,1H3,(H,16,20). The number of rotatable bonds is 8. The molecule has 0 spiro atoms. The number of amides is 1. The monoisotopic (exact) mass is 390 g/mol. The van der Waals surface area contributed by atoms with Gasteiger partial charge in [0, 0.05) is 6.07 Å². The summed E-state index contributed by atoms with van der Waals surface area (Å²) in [5.41, 5.74) is -0.0621. The zero-order chi connectivity index (χ0) is 19.3. The van der Waals surface area contributed by atoms with Gasteiger partial charge in [0.25, 0.3) is 21.9 Å². The number of carbonyl (C=O) groups is 1. The molecule has 0 aliphatic heterocycles. The van der Waals surface area contributed by atoms with Crippen molar-refractivity contribution in [3.63, 3.8) is 0 Å². The summed E-state index contributed by atoms with van der Waals surface area (Å²) in [6, 6.07) is 4.60. The highest BCUT2D eigenvalue weighted by Gasteiger charge is 2.19. The van der Waals surface area contributed by atoms with Crippen molar-refractivity contribution in [1.29, 1.82) is 0 Å². The van der Waals surface area contributed by atoms with Crippen LogP contribution in [-0.4, -0.2) is 55.3 Å². The number of aromatic nitrogens is 1. The third-order valence-corrected chi connectivity index (χ3v) is 3.46. The fraction of sp³-hybridized carbons (Fsp3) is 0.286. The van der Waals surface area contributed by atoms with Gasteiger partial charge in [0.15, 0.2) is 0 Å². The van der Waals surface area contributed by atoms with E-state index in [1.165, 1.54) is 12.1 Å². The number of nitrogens with one attached hydrogen (secondary N) is 1. The minimum atomic E-state index is -3.86. The Labute approximate surface area is 147 Å². The third kappa shape index (κ3) is 5.60. The molecule has 3 N–H and O–H groups in total. The fourth-order valence-electron chi connectivity index (χ4n) is 1.77. The molecular formula is C14H15FN2O8S. The van der Waals surface area contributed by atoms with Crippen LogP contribution in [0.3, 0.4) is 0 Å². The molecule has 142 valence electrons. The highest BCUT2D eigenvalue weighted by atomic mass is 32.2. The summed E-state index contributed by atoms with van der Waals surface area (Å²) in [6.45, 7) is -1.60. The van der Waals surface area contributed by atoms with Crippen molar-refractivity contribution in [1.82, 2.24) is 5.16 Å². The van der Waals surface area contributed by atoms with Crippen LogP contribution in [0.2, 0.25) is 0 Å². The van der Waals surface area contributed by atoms with Crippen LogP contribution in [0.5, 0.6) is 17.4 Å². The summed E-state index contributed by atoms with van der Waals surface area (Å²) in [5, 5.41) is 24.7. The number of phenols is 2. The largest absolute Gasteiger partial charge is 0.508 e. The van der Waals surface area contributed by atoms with E-state index in [2.05, 4.69) is 14.7 Å². The average Bonchev–Trinajstić information content (AvgIpc) is 3.03. The van der Waals surface area contributed by atoms with Crippen LogP contribution in [0.25, 0.3) is 0 Å². The summed E-state index contributed by atoms with van der Waals surface area (Å²) in [4.78, 5) is 12.0. The van der Waals surface area contributed by atoms with Crippen LogP contribution in [-0.2, 0) is 14.3 Å². The molecule has 12 heteroatoms. The lowest BCUT2D eigenvalue weighted by Crippen LogP contribution is -2.26. The molecule has 0 bridgehead atoms. The van der Waals surface area contributed by atoms with Crippen molar-refractivity contribution in [3.8, 4) is 17.4 Å². The van der Waals surface area contributed by atoms with E-state index in [9.17, 15) is 27.8 Å². The first-order valence-electron chi connectivity index (χ1n) is 7.05. The molecule has 1 aromatic carbocycles. The second-order valence-electron chi connectivity index (χ2n) is 5.07. The number of carbonyl (C=O) groups excluding carboxylic acids is 1. The molecule has 1 heterocycles. The van der Waals surface area contributed by atoms with E-state index in [4.69, 9.17) is 9.26 Å². The summed E-state index contributed by atoms with van der Waals surface area (Å²) in [5.74, 6) is -1.77. The molecule has 1 unspecified atom stereocenters. The number of phenolic OH excluding ortho intramolecular Hbond substituents is 2. The first kappa shape index (κ1) is 19.5. The van der Waals surface area contributed by atoms with Crippen molar-refractivity contribution >= 4 is 21.7 Å². The molecule has 2 aromatic rings. The smallest absolute Gasteiger partial charge is 0.294 e. The first-order chi connectivity index (χ1) is 12.2. The van der Waals surface area contributed by atoms with Gasteiger partial charge in [-0.05, 0) is 17.3 Å². The molecule has 1 aromatic heterocycles. The Morgan fingerprint density at radius 2 is 2.12 bits per heavy atom.